The van der Waals surface area contributed by atoms with E-state index < -0.39 is 5.97 Å². The number of likely N-dealkylation sites (tertiary alicyclic amines) is 1. The first kappa shape index (κ1) is 13.0. The fourth-order valence-corrected chi connectivity index (χ4v) is 2.43. The predicted octanol–water partition coefficient (Wildman–Crippen LogP) is 1.74. The van der Waals surface area contributed by atoms with E-state index in [1.54, 1.807) is 0 Å². The lowest BCUT2D eigenvalue weighted by Crippen LogP contribution is -2.35. The molecule has 0 saturated carbocycles. The summed E-state index contributed by atoms with van der Waals surface area (Å²) < 4.78 is 0. The maximum absolute atomic E-state index is 11.9. The van der Waals surface area contributed by atoms with Crippen molar-refractivity contribution in [1.29, 1.82) is 0 Å². The second-order valence-corrected chi connectivity index (χ2v) is 5.14. The molecule has 3 atom stereocenters. The van der Waals surface area contributed by atoms with Crippen LogP contribution in [0.15, 0.2) is 0 Å². The smallest absolute Gasteiger partial charge is 0.303 e. The highest BCUT2D eigenvalue weighted by Crippen LogP contribution is 2.24. The molecule has 16 heavy (non-hydrogen) atoms. The Morgan fingerprint density at radius 3 is 2.44 bits per heavy atom. The van der Waals surface area contributed by atoms with Crippen molar-refractivity contribution in [2.24, 2.45) is 11.8 Å². The SMILES string of the molecule is CC(CC(=O)O)CC(=O)N1CC(C)CC1C. The van der Waals surface area contributed by atoms with Crippen LogP contribution in [0.25, 0.3) is 0 Å². The van der Waals surface area contributed by atoms with E-state index in [9.17, 15) is 9.59 Å². The molecule has 1 saturated heterocycles. The fraction of sp³-hybridized carbons (Fsp3) is 0.833. The second-order valence-electron chi connectivity index (χ2n) is 5.14. The van der Waals surface area contributed by atoms with Crippen LogP contribution in [0, 0.1) is 11.8 Å². The molecule has 4 nitrogen and oxygen atoms in total. The molecule has 1 aliphatic rings. The third kappa shape index (κ3) is 3.51. The van der Waals surface area contributed by atoms with Crippen molar-refractivity contribution in [2.75, 3.05) is 6.54 Å². The van der Waals surface area contributed by atoms with Crippen molar-refractivity contribution in [1.82, 2.24) is 4.90 Å². The van der Waals surface area contributed by atoms with Gasteiger partial charge in [0.05, 0.1) is 0 Å². The molecule has 1 N–H and O–H groups in total. The largest absolute Gasteiger partial charge is 0.481 e. The van der Waals surface area contributed by atoms with Crippen molar-refractivity contribution in [3.05, 3.63) is 0 Å². The van der Waals surface area contributed by atoms with Gasteiger partial charge in [-0.1, -0.05) is 13.8 Å². The zero-order chi connectivity index (χ0) is 12.3. The topological polar surface area (TPSA) is 57.6 Å². The molecule has 3 unspecified atom stereocenters. The number of aliphatic carboxylic acids is 1. The van der Waals surface area contributed by atoms with Gasteiger partial charge in [-0.3, -0.25) is 9.59 Å². The van der Waals surface area contributed by atoms with Gasteiger partial charge in [-0.25, -0.2) is 0 Å². The number of hydrogen-bond acceptors (Lipinski definition) is 2. The highest BCUT2D eigenvalue weighted by molar-refractivity contribution is 5.78. The Balaban J connectivity index is 2.43. The minimum Gasteiger partial charge on any atom is -0.481 e. The highest BCUT2D eigenvalue weighted by atomic mass is 16.4. The number of nitrogens with zero attached hydrogens (tertiary/aromatic N) is 1. The second kappa shape index (κ2) is 5.32. The van der Waals surface area contributed by atoms with Crippen LogP contribution < -0.4 is 0 Å². The summed E-state index contributed by atoms with van der Waals surface area (Å²) in [7, 11) is 0. The molecule has 0 aliphatic carbocycles. The van der Waals surface area contributed by atoms with E-state index in [4.69, 9.17) is 5.11 Å². The lowest BCUT2D eigenvalue weighted by atomic mass is 10.0. The number of amides is 1. The fourth-order valence-electron chi connectivity index (χ4n) is 2.43. The van der Waals surface area contributed by atoms with Crippen molar-refractivity contribution in [3.63, 3.8) is 0 Å². The Labute approximate surface area is 96.6 Å². The van der Waals surface area contributed by atoms with Gasteiger partial charge in [0.2, 0.25) is 5.91 Å². The Morgan fingerprint density at radius 2 is 2.00 bits per heavy atom. The van der Waals surface area contributed by atoms with Gasteiger partial charge in [0.1, 0.15) is 0 Å². The minimum atomic E-state index is -0.830. The third-order valence-electron chi connectivity index (χ3n) is 3.15. The number of carboxylic acids is 1. The Kier molecular flexibility index (Phi) is 4.33. The van der Waals surface area contributed by atoms with E-state index in [1.807, 2.05) is 11.8 Å². The summed E-state index contributed by atoms with van der Waals surface area (Å²) in [4.78, 5) is 24.3. The molecule has 1 rings (SSSR count). The van der Waals surface area contributed by atoms with Crippen LogP contribution in [0.3, 0.4) is 0 Å². The number of carbonyl (C=O) groups is 2. The minimum absolute atomic E-state index is 0.0729. The first-order valence-corrected chi connectivity index (χ1v) is 5.91. The molecule has 0 aromatic rings. The van der Waals surface area contributed by atoms with Crippen molar-refractivity contribution >= 4 is 11.9 Å². The van der Waals surface area contributed by atoms with Crippen molar-refractivity contribution in [2.45, 2.75) is 46.1 Å². The van der Waals surface area contributed by atoms with Gasteiger partial charge < -0.3 is 10.0 Å². The van der Waals surface area contributed by atoms with Crippen LogP contribution in [0.5, 0.6) is 0 Å². The number of carbonyl (C=O) groups excluding carboxylic acids is 1. The molecule has 1 aliphatic heterocycles. The number of hydrogen-bond donors (Lipinski definition) is 1. The van der Waals surface area contributed by atoms with Gasteiger partial charge in [0.25, 0.3) is 0 Å². The molecule has 0 radical (unpaired) electrons. The summed E-state index contributed by atoms with van der Waals surface area (Å²) in [5, 5.41) is 8.63. The Bertz CT molecular complexity index is 277. The van der Waals surface area contributed by atoms with E-state index in [0.29, 0.717) is 18.4 Å². The Morgan fingerprint density at radius 1 is 1.38 bits per heavy atom. The van der Waals surface area contributed by atoms with E-state index in [1.165, 1.54) is 0 Å². The molecular formula is C12H21NO3. The quantitative estimate of drug-likeness (QED) is 0.796. The maximum Gasteiger partial charge on any atom is 0.303 e. The first-order valence-electron chi connectivity index (χ1n) is 5.91. The number of carboxylic acid groups (broad SMARTS) is 1. The molecule has 0 aromatic heterocycles. The first-order chi connectivity index (χ1) is 7.40. The van der Waals surface area contributed by atoms with E-state index in [0.717, 1.165) is 13.0 Å². The molecule has 1 amide bonds. The average Bonchev–Trinajstić information content (AvgIpc) is 2.43. The van der Waals surface area contributed by atoms with E-state index in [-0.39, 0.29) is 18.2 Å². The lowest BCUT2D eigenvalue weighted by Gasteiger charge is -2.22. The van der Waals surface area contributed by atoms with E-state index >= 15 is 0 Å². The molecule has 92 valence electrons. The summed E-state index contributed by atoms with van der Waals surface area (Å²) in [6.45, 7) is 6.84. The third-order valence-corrected chi connectivity index (χ3v) is 3.15. The van der Waals surface area contributed by atoms with Crippen LogP contribution in [-0.2, 0) is 9.59 Å². The van der Waals surface area contributed by atoms with Crippen LogP contribution in [0.1, 0.15) is 40.0 Å². The molecule has 0 aromatic carbocycles. The molecular weight excluding hydrogens is 206 g/mol. The summed E-state index contributed by atoms with van der Waals surface area (Å²) in [6.07, 6.45) is 1.48. The van der Waals surface area contributed by atoms with Gasteiger partial charge in [-0.05, 0) is 25.2 Å². The van der Waals surface area contributed by atoms with Gasteiger partial charge in [-0.15, -0.1) is 0 Å². The summed E-state index contributed by atoms with van der Waals surface area (Å²) in [5.74, 6) is -0.240. The van der Waals surface area contributed by atoms with Crippen LogP contribution in [-0.4, -0.2) is 34.5 Å². The van der Waals surface area contributed by atoms with Crippen LogP contribution in [0.2, 0.25) is 0 Å². The van der Waals surface area contributed by atoms with Crippen molar-refractivity contribution < 1.29 is 14.7 Å². The van der Waals surface area contributed by atoms with E-state index in [2.05, 4.69) is 13.8 Å². The zero-order valence-corrected chi connectivity index (χ0v) is 10.3. The monoisotopic (exact) mass is 227 g/mol. The summed E-state index contributed by atoms with van der Waals surface area (Å²) >= 11 is 0. The zero-order valence-electron chi connectivity index (χ0n) is 10.3. The normalized spacial score (nSPS) is 26.8. The molecule has 0 spiro atoms. The van der Waals surface area contributed by atoms with Crippen LogP contribution >= 0.6 is 0 Å². The molecule has 1 fully saturated rings. The van der Waals surface area contributed by atoms with Crippen LogP contribution in [0.4, 0.5) is 0 Å². The summed E-state index contributed by atoms with van der Waals surface area (Å²) in [6, 6.07) is 0.305. The molecule has 4 heteroatoms. The average molecular weight is 227 g/mol. The van der Waals surface area contributed by atoms with Crippen molar-refractivity contribution in [3.8, 4) is 0 Å². The van der Waals surface area contributed by atoms with Gasteiger partial charge in [-0.2, -0.15) is 0 Å². The molecule has 0 bridgehead atoms. The maximum atomic E-state index is 11.9. The predicted molar refractivity (Wildman–Crippen MR) is 61.0 cm³/mol. The Hall–Kier alpha value is -1.06. The van der Waals surface area contributed by atoms with Gasteiger partial charge in [0, 0.05) is 25.4 Å². The highest BCUT2D eigenvalue weighted by Gasteiger charge is 2.30. The number of rotatable bonds is 4. The van der Waals surface area contributed by atoms with Gasteiger partial charge >= 0.3 is 5.97 Å². The summed E-state index contributed by atoms with van der Waals surface area (Å²) in [5.41, 5.74) is 0. The van der Waals surface area contributed by atoms with Gasteiger partial charge in [0.15, 0.2) is 0 Å². The molecule has 1 heterocycles. The lowest BCUT2D eigenvalue weighted by molar-refractivity contribution is -0.138. The standard InChI is InChI=1S/C12H21NO3/c1-8(6-12(15)16)5-11(14)13-7-9(2)4-10(13)3/h8-10H,4-7H2,1-3H3,(H,15,16).